The van der Waals surface area contributed by atoms with Crippen LogP contribution in [-0.2, 0) is 0 Å². The van der Waals surface area contributed by atoms with Crippen LogP contribution in [0.2, 0.25) is 0 Å². The molecular weight excluding hydrogens is 288 g/mol. The Bertz CT molecular complexity index is 953. The minimum absolute atomic E-state index is 0.00141. The third-order valence-corrected chi connectivity index (χ3v) is 3.31. The average molecular weight is 296 g/mol. The Morgan fingerprint density at radius 3 is 2.64 bits per heavy atom. The highest BCUT2D eigenvalue weighted by molar-refractivity contribution is 6.23. The molecule has 0 saturated carbocycles. The van der Waals surface area contributed by atoms with Crippen molar-refractivity contribution < 1.29 is 14.7 Å². The summed E-state index contributed by atoms with van der Waals surface area (Å²) in [6, 6.07) is 6.88. The molecule has 0 aliphatic carbocycles. The molecule has 2 heterocycles. The van der Waals surface area contributed by atoms with Gasteiger partial charge in [-0.3, -0.25) is 24.3 Å². The minimum Gasteiger partial charge on any atom is -0.506 e. The first-order chi connectivity index (χ1) is 10.5. The molecule has 1 aliphatic heterocycles. The lowest BCUT2D eigenvalue weighted by atomic mass is 10.1. The van der Waals surface area contributed by atoms with Crippen LogP contribution >= 0.6 is 0 Å². The number of nitrogens with zero attached hydrogens (tertiary/aromatic N) is 2. The predicted octanol–water partition coefficient (Wildman–Crippen LogP) is -0.119. The first-order valence-electron chi connectivity index (χ1n) is 6.09. The monoisotopic (exact) mass is 296 g/mol. The fraction of sp³-hybridized carbons (Fsp3) is 0. The highest BCUT2D eigenvalue weighted by atomic mass is 16.3. The van der Waals surface area contributed by atoms with Crippen molar-refractivity contribution in [2.75, 3.05) is 5.73 Å². The molecule has 0 bridgehead atoms. The van der Waals surface area contributed by atoms with E-state index < -0.39 is 17.4 Å². The van der Waals surface area contributed by atoms with Gasteiger partial charge < -0.3 is 10.8 Å². The Hall–Kier alpha value is -3.60. The number of carbonyl (C=O) groups is 2. The molecule has 2 aromatic rings. The average Bonchev–Trinajstić information content (AvgIpc) is 2.75. The number of rotatable bonds is 1. The molecule has 22 heavy (non-hydrogen) atoms. The van der Waals surface area contributed by atoms with Gasteiger partial charge in [-0.15, -0.1) is 0 Å². The molecule has 0 radical (unpaired) electrons. The quantitative estimate of drug-likeness (QED) is 0.627. The summed E-state index contributed by atoms with van der Waals surface area (Å²) in [5.41, 5.74) is 4.68. The third-order valence-electron chi connectivity index (χ3n) is 3.31. The second-order valence-electron chi connectivity index (χ2n) is 4.56. The van der Waals surface area contributed by atoms with Gasteiger partial charge in [0.15, 0.2) is 0 Å². The summed E-state index contributed by atoms with van der Waals surface area (Å²) in [6.07, 6.45) is 0. The fourth-order valence-electron chi connectivity index (χ4n) is 2.37. The second kappa shape index (κ2) is 4.46. The van der Waals surface area contributed by atoms with Gasteiger partial charge in [0.2, 0.25) is 0 Å². The Morgan fingerprint density at radius 1 is 1.23 bits per heavy atom. The molecule has 0 unspecified atom stereocenters. The lowest BCUT2D eigenvalue weighted by molar-refractivity contribution is 0.0880. The molecule has 8 heteroatoms. The van der Waals surface area contributed by atoms with Crippen LogP contribution in [0.4, 0.5) is 5.82 Å². The number of hydrogen-bond donors (Lipinski definition) is 3. The number of para-hydroxylation sites is 1. The van der Waals surface area contributed by atoms with Gasteiger partial charge in [-0.05, 0) is 12.1 Å². The van der Waals surface area contributed by atoms with Gasteiger partial charge in [-0.25, -0.2) is 0 Å². The number of phenolic OH excluding ortho intramolecular Hbond substituents is 1. The highest BCUT2D eigenvalue weighted by Crippen LogP contribution is 2.29. The lowest BCUT2D eigenvalue weighted by Gasteiger charge is -2.14. The van der Waals surface area contributed by atoms with Gasteiger partial charge in [0, 0.05) is 6.07 Å². The Kier molecular flexibility index (Phi) is 2.71. The number of nitriles is 1. The van der Waals surface area contributed by atoms with Crippen LogP contribution < -0.4 is 16.6 Å². The van der Waals surface area contributed by atoms with E-state index in [1.165, 1.54) is 18.2 Å². The number of pyridine rings is 1. The zero-order chi connectivity index (χ0) is 16.0. The van der Waals surface area contributed by atoms with Crippen LogP contribution in [0.15, 0.2) is 29.1 Å². The van der Waals surface area contributed by atoms with Gasteiger partial charge in [0.05, 0.1) is 16.7 Å². The number of anilines is 1. The van der Waals surface area contributed by atoms with Crippen molar-refractivity contribution in [1.29, 1.82) is 5.26 Å². The van der Waals surface area contributed by atoms with Crippen LogP contribution in [-0.4, -0.2) is 21.5 Å². The fourth-order valence-corrected chi connectivity index (χ4v) is 2.37. The zero-order valence-corrected chi connectivity index (χ0v) is 11.0. The lowest BCUT2D eigenvalue weighted by Crippen LogP contribution is -2.24. The number of phenols is 1. The van der Waals surface area contributed by atoms with E-state index in [1.54, 1.807) is 0 Å². The van der Waals surface area contributed by atoms with Crippen LogP contribution in [0.25, 0.3) is 5.69 Å². The van der Waals surface area contributed by atoms with E-state index in [4.69, 9.17) is 11.0 Å². The first-order valence-corrected chi connectivity index (χ1v) is 6.09. The van der Waals surface area contributed by atoms with Crippen LogP contribution in [0.3, 0.4) is 0 Å². The van der Waals surface area contributed by atoms with E-state index in [0.29, 0.717) is 0 Å². The molecule has 2 amide bonds. The summed E-state index contributed by atoms with van der Waals surface area (Å²) in [5, 5.41) is 21.1. The number of nitrogen functional groups attached to an aromatic ring is 1. The van der Waals surface area contributed by atoms with Crippen molar-refractivity contribution in [3.05, 3.63) is 51.3 Å². The van der Waals surface area contributed by atoms with E-state index >= 15 is 0 Å². The number of carbonyl (C=O) groups excluding carboxylic acids is 2. The minimum atomic E-state index is -0.737. The van der Waals surface area contributed by atoms with Crippen LogP contribution in [0.1, 0.15) is 26.3 Å². The molecule has 0 saturated heterocycles. The number of aromatic hydroxyl groups is 1. The largest absolute Gasteiger partial charge is 0.506 e. The Labute approximate surface area is 123 Å². The maximum atomic E-state index is 12.2. The topological polar surface area (TPSA) is 138 Å². The molecule has 0 atom stereocenters. The highest BCUT2D eigenvalue weighted by Gasteiger charge is 2.32. The number of hydrogen-bond acceptors (Lipinski definition) is 6. The first kappa shape index (κ1) is 13.4. The van der Waals surface area contributed by atoms with E-state index in [9.17, 15) is 19.5 Å². The second-order valence-corrected chi connectivity index (χ2v) is 4.56. The van der Waals surface area contributed by atoms with E-state index in [2.05, 4.69) is 0 Å². The summed E-state index contributed by atoms with van der Waals surface area (Å²) in [6.45, 7) is 0. The molecule has 4 N–H and O–H groups in total. The number of imide groups is 1. The SMILES string of the molecule is N#Cc1cccc(O)c1-n1c(N)c2c(cc1=O)C(=O)NC2=O. The molecule has 108 valence electrons. The number of aromatic nitrogens is 1. The molecule has 0 spiro atoms. The molecule has 0 fully saturated rings. The van der Waals surface area contributed by atoms with Crippen molar-refractivity contribution >= 4 is 17.6 Å². The number of benzene rings is 1. The summed E-state index contributed by atoms with van der Waals surface area (Å²) in [5.74, 6) is -2.12. The molecule has 8 nitrogen and oxygen atoms in total. The number of nitrogens with two attached hydrogens (primary N) is 1. The Morgan fingerprint density at radius 2 is 1.95 bits per heavy atom. The smallest absolute Gasteiger partial charge is 0.262 e. The van der Waals surface area contributed by atoms with Gasteiger partial charge >= 0.3 is 0 Å². The van der Waals surface area contributed by atoms with Crippen molar-refractivity contribution in [3.8, 4) is 17.5 Å². The maximum Gasteiger partial charge on any atom is 0.262 e. The predicted molar refractivity (Wildman–Crippen MR) is 74.6 cm³/mol. The van der Waals surface area contributed by atoms with E-state index in [1.807, 2.05) is 11.4 Å². The van der Waals surface area contributed by atoms with Crippen LogP contribution in [0, 0.1) is 11.3 Å². The molecule has 1 aromatic carbocycles. The number of amides is 2. The summed E-state index contributed by atoms with van der Waals surface area (Å²) >= 11 is 0. The van der Waals surface area contributed by atoms with Crippen molar-refractivity contribution in [3.63, 3.8) is 0 Å². The summed E-state index contributed by atoms with van der Waals surface area (Å²) < 4.78 is 0.838. The van der Waals surface area contributed by atoms with E-state index in [0.717, 1.165) is 10.6 Å². The van der Waals surface area contributed by atoms with Crippen LogP contribution in [0.5, 0.6) is 5.75 Å². The summed E-state index contributed by atoms with van der Waals surface area (Å²) in [7, 11) is 0. The van der Waals surface area contributed by atoms with E-state index in [-0.39, 0.29) is 33.9 Å². The van der Waals surface area contributed by atoms with Gasteiger partial charge in [0.1, 0.15) is 23.3 Å². The normalized spacial score (nSPS) is 12.7. The van der Waals surface area contributed by atoms with Gasteiger partial charge in [-0.1, -0.05) is 6.07 Å². The Balaban J connectivity index is 2.44. The maximum absolute atomic E-state index is 12.2. The van der Waals surface area contributed by atoms with Gasteiger partial charge in [0.25, 0.3) is 17.4 Å². The number of fused-ring (bicyclic) bond motifs is 1. The molecule has 3 rings (SSSR count). The summed E-state index contributed by atoms with van der Waals surface area (Å²) in [4.78, 5) is 35.6. The number of nitrogens with one attached hydrogen (secondary N) is 1. The van der Waals surface area contributed by atoms with Crippen molar-refractivity contribution in [2.45, 2.75) is 0 Å². The molecular formula is C14H8N4O4. The third kappa shape index (κ3) is 1.66. The molecule has 1 aliphatic rings. The van der Waals surface area contributed by atoms with Crippen molar-refractivity contribution in [2.24, 2.45) is 0 Å². The molecule has 1 aromatic heterocycles. The standard InChI is InChI=1S/C14H8N4O4/c15-5-6-2-1-3-8(19)11(6)18-9(20)4-7-10(12(18)16)14(22)17-13(7)21/h1-4,19H,16H2,(H,17,21,22). The zero-order valence-electron chi connectivity index (χ0n) is 11.0. The van der Waals surface area contributed by atoms with Gasteiger partial charge in [-0.2, -0.15) is 5.26 Å². The van der Waals surface area contributed by atoms with Crippen molar-refractivity contribution in [1.82, 2.24) is 9.88 Å².